The largest absolute Gasteiger partial charge is 0.359 e. The molecular formula is C13H16N2O. The quantitative estimate of drug-likeness (QED) is 0.837. The Bertz CT molecular complexity index is 514. The molecule has 0 saturated carbocycles. The van der Waals surface area contributed by atoms with Gasteiger partial charge in [-0.25, -0.2) is 0 Å². The average molecular weight is 216 g/mol. The number of carbonyl (C=O) groups excluding carboxylic acids is 1. The van der Waals surface area contributed by atoms with Crippen LogP contribution in [0.3, 0.4) is 0 Å². The third kappa shape index (κ3) is 1.94. The van der Waals surface area contributed by atoms with Gasteiger partial charge < -0.3 is 9.88 Å². The zero-order valence-electron chi connectivity index (χ0n) is 9.66. The van der Waals surface area contributed by atoms with Crippen LogP contribution in [0.25, 0.3) is 10.9 Å². The Labute approximate surface area is 95.1 Å². The van der Waals surface area contributed by atoms with Gasteiger partial charge in [0.1, 0.15) is 0 Å². The first-order valence-electron chi connectivity index (χ1n) is 5.48. The second-order valence-electron chi connectivity index (χ2n) is 3.92. The van der Waals surface area contributed by atoms with Crippen molar-refractivity contribution in [2.24, 2.45) is 0 Å². The third-order valence-corrected chi connectivity index (χ3v) is 2.86. The van der Waals surface area contributed by atoms with Crippen molar-refractivity contribution in [2.45, 2.75) is 19.9 Å². The number of amides is 1. The summed E-state index contributed by atoms with van der Waals surface area (Å²) in [5, 5.41) is 3.88. The standard InChI is InChI=1S/C13H16N2O/c1-10-9-11-5-3-4-6-12(11)15(10)8-7-13(16)14-2/h3-6,9H,7-8H2,1-2H3,(H,14,16). The Morgan fingerprint density at radius 1 is 1.38 bits per heavy atom. The molecule has 84 valence electrons. The summed E-state index contributed by atoms with van der Waals surface area (Å²) >= 11 is 0. The molecule has 0 unspecified atom stereocenters. The van der Waals surface area contributed by atoms with Gasteiger partial charge in [0.2, 0.25) is 5.91 Å². The lowest BCUT2D eigenvalue weighted by Crippen LogP contribution is -2.19. The van der Waals surface area contributed by atoms with Crippen molar-refractivity contribution in [3.05, 3.63) is 36.0 Å². The molecule has 1 aromatic heterocycles. The predicted molar refractivity (Wildman–Crippen MR) is 65.4 cm³/mol. The predicted octanol–water partition coefficient (Wildman–Crippen LogP) is 2.09. The van der Waals surface area contributed by atoms with E-state index >= 15 is 0 Å². The van der Waals surface area contributed by atoms with Crippen LogP contribution in [-0.2, 0) is 11.3 Å². The number of aromatic nitrogens is 1. The van der Waals surface area contributed by atoms with E-state index in [1.807, 2.05) is 12.1 Å². The summed E-state index contributed by atoms with van der Waals surface area (Å²) in [6.07, 6.45) is 0.524. The smallest absolute Gasteiger partial charge is 0.221 e. The number of hydrogen-bond acceptors (Lipinski definition) is 1. The lowest BCUT2D eigenvalue weighted by molar-refractivity contribution is -0.120. The van der Waals surface area contributed by atoms with Gasteiger partial charge in [0.25, 0.3) is 0 Å². The zero-order chi connectivity index (χ0) is 11.5. The van der Waals surface area contributed by atoms with Crippen molar-refractivity contribution in [2.75, 3.05) is 7.05 Å². The maximum absolute atomic E-state index is 11.2. The highest BCUT2D eigenvalue weighted by Gasteiger charge is 2.06. The summed E-state index contributed by atoms with van der Waals surface area (Å²) in [6.45, 7) is 2.81. The molecule has 0 aliphatic rings. The Morgan fingerprint density at radius 2 is 2.12 bits per heavy atom. The highest BCUT2D eigenvalue weighted by Crippen LogP contribution is 2.19. The van der Waals surface area contributed by atoms with Crippen LogP contribution in [0, 0.1) is 6.92 Å². The van der Waals surface area contributed by atoms with Crippen molar-refractivity contribution < 1.29 is 4.79 Å². The lowest BCUT2D eigenvalue weighted by atomic mass is 10.2. The molecule has 1 N–H and O–H groups in total. The number of benzene rings is 1. The number of fused-ring (bicyclic) bond motifs is 1. The fourth-order valence-electron chi connectivity index (χ4n) is 1.98. The highest BCUT2D eigenvalue weighted by molar-refractivity contribution is 5.81. The van der Waals surface area contributed by atoms with Crippen molar-refractivity contribution in [1.29, 1.82) is 0 Å². The first-order valence-corrected chi connectivity index (χ1v) is 5.48. The minimum atomic E-state index is 0.0807. The van der Waals surface area contributed by atoms with Gasteiger partial charge in [-0.2, -0.15) is 0 Å². The second kappa shape index (κ2) is 4.39. The van der Waals surface area contributed by atoms with Crippen LogP contribution in [0.2, 0.25) is 0 Å². The number of nitrogens with one attached hydrogen (secondary N) is 1. The van der Waals surface area contributed by atoms with Crippen LogP contribution in [0.5, 0.6) is 0 Å². The molecule has 0 aliphatic heterocycles. The van der Waals surface area contributed by atoms with Gasteiger partial charge >= 0.3 is 0 Å². The molecule has 2 rings (SSSR count). The van der Waals surface area contributed by atoms with Crippen LogP contribution < -0.4 is 5.32 Å². The van der Waals surface area contributed by atoms with E-state index in [4.69, 9.17) is 0 Å². The summed E-state index contributed by atoms with van der Waals surface area (Å²) in [5.74, 6) is 0.0807. The molecule has 16 heavy (non-hydrogen) atoms. The number of rotatable bonds is 3. The molecule has 1 heterocycles. The molecule has 1 aromatic carbocycles. The molecule has 2 aromatic rings. The van der Waals surface area contributed by atoms with Crippen molar-refractivity contribution in [3.8, 4) is 0 Å². The van der Waals surface area contributed by atoms with E-state index in [2.05, 4.69) is 35.0 Å². The first kappa shape index (κ1) is 10.7. The Balaban J connectivity index is 2.29. The summed E-state index contributed by atoms with van der Waals surface area (Å²) in [5.41, 5.74) is 2.40. The van der Waals surface area contributed by atoms with Gasteiger partial charge in [0, 0.05) is 31.2 Å². The molecule has 3 nitrogen and oxygen atoms in total. The molecule has 0 aliphatic carbocycles. The van der Waals surface area contributed by atoms with E-state index in [1.165, 1.54) is 16.6 Å². The molecule has 0 atom stereocenters. The van der Waals surface area contributed by atoms with E-state index < -0.39 is 0 Å². The fourth-order valence-corrected chi connectivity index (χ4v) is 1.98. The number of carbonyl (C=O) groups is 1. The van der Waals surface area contributed by atoms with Gasteiger partial charge in [-0.15, -0.1) is 0 Å². The number of aryl methyl sites for hydroxylation is 2. The molecule has 0 fully saturated rings. The van der Waals surface area contributed by atoms with Crippen LogP contribution >= 0.6 is 0 Å². The van der Waals surface area contributed by atoms with Crippen LogP contribution in [0.4, 0.5) is 0 Å². The molecule has 0 saturated heterocycles. The molecule has 0 bridgehead atoms. The van der Waals surface area contributed by atoms with E-state index in [9.17, 15) is 4.79 Å². The number of para-hydroxylation sites is 1. The van der Waals surface area contributed by atoms with Gasteiger partial charge in [-0.3, -0.25) is 4.79 Å². The summed E-state index contributed by atoms with van der Waals surface area (Å²) in [4.78, 5) is 11.2. The lowest BCUT2D eigenvalue weighted by Gasteiger charge is -2.07. The average Bonchev–Trinajstić information content (AvgIpc) is 2.62. The Kier molecular flexibility index (Phi) is 2.95. The van der Waals surface area contributed by atoms with Crippen LogP contribution in [-0.4, -0.2) is 17.5 Å². The van der Waals surface area contributed by atoms with E-state index in [0.717, 1.165) is 6.54 Å². The van der Waals surface area contributed by atoms with Crippen LogP contribution in [0.1, 0.15) is 12.1 Å². The molecule has 3 heteroatoms. The van der Waals surface area contributed by atoms with Crippen molar-refractivity contribution >= 4 is 16.8 Å². The minimum absolute atomic E-state index is 0.0807. The van der Waals surface area contributed by atoms with Gasteiger partial charge in [-0.05, 0) is 24.4 Å². The summed E-state index contributed by atoms with van der Waals surface area (Å²) in [7, 11) is 1.67. The topological polar surface area (TPSA) is 34.0 Å². The van der Waals surface area contributed by atoms with Gasteiger partial charge in [0.15, 0.2) is 0 Å². The Morgan fingerprint density at radius 3 is 2.88 bits per heavy atom. The Hall–Kier alpha value is -1.77. The second-order valence-corrected chi connectivity index (χ2v) is 3.92. The molecule has 0 radical (unpaired) electrons. The van der Waals surface area contributed by atoms with Crippen LogP contribution in [0.15, 0.2) is 30.3 Å². The first-order chi connectivity index (χ1) is 7.72. The van der Waals surface area contributed by atoms with E-state index in [-0.39, 0.29) is 5.91 Å². The number of nitrogens with zero attached hydrogens (tertiary/aromatic N) is 1. The van der Waals surface area contributed by atoms with Crippen molar-refractivity contribution in [3.63, 3.8) is 0 Å². The molecular weight excluding hydrogens is 200 g/mol. The van der Waals surface area contributed by atoms with E-state index in [1.54, 1.807) is 7.05 Å². The summed E-state index contributed by atoms with van der Waals surface area (Å²) < 4.78 is 2.19. The fraction of sp³-hybridized carbons (Fsp3) is 0.308. The van der Waals surface area contributed by atoms with E-state index in [0.29, 0.717) is 6.42 Å². The maximum atomic E-state index is 11.2. The highest BCUT2D eigenvalue weighted by atomic mass is 16.1. The summed E-state index contributed by atoms with van der Waals surface area (Å²) in [6, 6.07) is 10.4. The molecule has 0 spiro atoms. The maximum Gasteiger partial charge on any atom is 0.221 e. The molecule has 1 amide bonds. The monoisotopic (exact) mass is 216 g/mol. The third-order valence-electron chi connectivity index (χ3n) is 2.86. The van der Waals surface area contributed by atoms with Crippen molar-refractivity contribution in [1.82, 2.24) is 9.88 Å². The number of hydrogen-bond donors (Lipinski definition) is 1. The minimum Gasteiger partial charge on any atom is -0.359 e. The normalized spacial score (nSPS) is 10.6. The SMILES string of the molecule is CNC(=O)CCn1c(C)cc2ccccc21. The zero-order valence-corrected chi connectivity index (χ0v) is 9.66. The van der Waals surface area contributed by atoms with Gasteiger partial charge in [0.05, 0.1) is 0 Å². The van der Waals surface area contributed by atoms with Gasteiger partial charge in [-0.1, -0.05) is 18.2 Å².